The Morgan fingerprint density at radius 2 is 1.83 bits per heavy atom. The number of ether oxygens (including phenoxy) is 1. The van der Waals surface area contributed by atoms with Crippen molar-refractivity contribution in [3.63, 3.8) is 0 Å². The van der Waals surface area contributed by atoms with Crippen LogP contribution in [0.5, 0.6) is 5.88 Å². The molecular weight excluding hydrogens is 487 g/mol. The first-order chi connectivity index (χ1) is 16.9. The second-order valence-electron chi connectivity index (χ2n) is 8.31. The van der Waals surface area contributed by atoms with E-state index in [1.54, 1.807) is 18.2 Å². The highest BCUT2D eigenvalue weighted by atomic mass is 35.5. The highest BCUT2D eigenvalue weighted by Crippen LogP contribution is 2.31. The number of carbonyl (C=O) groups excluding carboxylic acids is 1. The molecule has 2 heterocycles. The van der Waals surface area contributed by atoms with Crippen LogP contribution < -0.4 is 20.3 Å². The van der Waals surface area contributed by atoms with Gasteiger partial charge in [-0.1, -0.05) is 29.3 Å². The number of nitrogens with one attached hydrogen (secondary N) is 2. The minimum atomic E-state index is -0.470. The van der Waals surface area contributed by atoms with Gasteiger partial charge in [-0.25, -0.2) is 4.98 Å². The van der Waals surface area contributed by atoms with Crippen molar-refractivity contribution in [3.05, 3.63) is 63.8 Å². The molecule has 1 saturated heterocycles. The fraction of sp³-hybridized carbons (Fsp3) is 0.320. The number of para-hydroxylation sites is 1. The summed E-state index contributed by atoms with van der Waals surface area (Å²) in [6, 6.07) is 11.2. The smallest absolute Gasteiger partial charge is 0.262 e. The average molecular weight is 515 g/mol. The van der Waals surface area contributed by atoms with E-state index < -0.39 is 5.91 Å². The van der Waals surface area contributed by atoms with Crippen LogP contribution in [0.15, 0.2) is 42.6 Å². The van der Waals surface area contributed by atoms with Crippen LogP contribution in [0.25, 0.3) is 0 Å². The summed E-state index contributed by atoms with van der Waals surface area (Å²) in [6.07, 6.45) is 1.42. The fourth-order valence-corrected chi connectivity index (χ4v) is 4.38. The van der Waals surface area contributed by atoms with Gasteiger partial charge < -0.3 is 25.2 Å². The molecule has 3 aromatic rings. The lowest BCUT2D eigenvalue weighted by atomic mass is 10.1. The Balaban J connectivity index is 1.51. The fourth-order valence-electron chi connectivity index (χ4n) is 3.89. The van der Waals surface area contributed by atoms with Gasteiger partial charge in [-0.2, -0.15) is 4.98 Å². The van der Waals surface area contributed by atoms with Gasteiger partial charge in [0.15, 0.2) is 0 Å². The third kappa shape index (κ3) is 5.96. The number of hydrogen-bond donors (Lipinski definition) is 2. The summed E-state index contributed by atoms with van der Waals surface area (Å²) in [7, 11) is 2.15. The number of rotatable bonds is 7. The lowest BCUT2D eigenvalue weighted by Crippen LogP contribution is -2.44. The lowest BCUT2D eigenvalue weighted by Gasteiger charge is -2.35. The molecule has 0 radical (unpaired) electrons. The Labute approximate surface area is 215 Å². The van der Waals surface area contributed by atoms with Crippen molar-refractivity contribution in [2.45, 2.75) is 13.8 Å². The van der Waals surface area contributed by atoms with Gasteiger partial charge in [0.1, 0.15) is 5.56 Å². The molecule has 10 heteroatoms. The van der Waals surface area contributed by atoms with E-state index in [9.17, 15) is 4.79 Å². The van der Waals surface area contributed by atoms with Crippen molar-refractivity contribution < 1.29 is 9.53 Å². The molecule has 1 aromatic heterocycles. The molecule has 0 saturated carbocycles. The molecule has 0 atom stereocenters. The largest absolute Gasteiger partial charge is 0.477 e. The summed E-state index contributed by atoms with van der Waals surface area (Å²) >= 11 is 12.4. The number of amides is 1. The van der Waals surface area contributed by atoms with Crippen LogP contribution in [0.4, 0.5) is 23.0 Å². The highest BCUT2D eigenvalue weighted by Gasteiger charge is 2.19. The zero-order valence-electron chi connectivity index (χ0n) is 19.9. The summed E-state index contributed by atoms with van der Waals surface area (Å²) in [5.74, 6) is 0.0198. The van der Waals surface area contributed by atoms with Crippen LogP contribution in [0.1, 0.15) is 22.8 Å². The van der Waals surface area contributed by atoms with E-state index in [-0.39, 0.29) is 11.4 Å². The number of likely N-dealkylation sites (N-methyl/N-ethyl adjacent to an activating group) is 1. The molecule has 1 aliphatic heterocycles. The zero-order valence-corrected chi connectivity index (χ0v) is 21.5. The summed E-state index contributed by atoms with van der Waals surface area (Å²) in [4.78, 5) is 26.4. The SMILES string of the molecule is CCOc1nc(Nc2ccc(N3CCN(C)CC3)c(C)c2)ncc1C(=O)Nc1c(Cl)cccc1Cl. The maximum atomic E-state index is 12.9. The number of benzene rings is 2. The van der Waals surface area contributed by atoms with Crippen molar-refractivity contribution in [2.75, 3.05) is 55.4 Å². The summed E-state index contributed by atoms with van der Waals surface area (Å²) in [6.45, 7) is 8.37. The minimum Gasteiger partial charge on any atom is -0.477 e. The first kappa shape index (κ1) is 25.0. The topological polar surface area (TPSA) is 82.6 Å². The monoisotopic (exact) mass is 514 g/mol. The standard InChI is InChI=1S/C25H28Cl2N6O2/c1-4-35-24-18(23(34)30-22-19(26)6-5-7-20(22)27)15-28-25(31-24)29-17-8-9-21(16(2)14-17)33-12-10-32(3)11-13-33/h5-9,14-15H,4,10-13H2,1-3H3,(H,30,34)(H,28,29,31). The number of aromatic nitrogens is 2. The second kappa shape index (κ2) is 11.1. The Morgan fingerprint density at radius 3 is 2.49 bits per heavy atom. The van der Waals surface area contributed by atoms with Crippen molar-refractivity contribution in [3.8, 4) is 5.88 Å². The number of carbonyl (C=O) groups is 1. The second-order valence-corrected chi connectivity index (χ2v) is 9.13. The summed E-state index contributed by atoms with van der Waals surface area (Å²) in [5.41, 5.74) is 3.74. The van der Waals surface area contributed by atoms with E-state index in [0.29, 0.717) is 28.3 Å². The number of piperazine rings is 1. The third-order valence-corrected chi connectivity index (χ3v) is 6.41. The van der Waals surface area contributed by atoms with Gasteiger partial charge in [-0.3, -0.25) is 4.79 Å². The predicted octanol–water partition coefficient (Wildman–Crippen LogP) is 5.24. The van der Waals surface area contributed by atoms with E-state index in [0.717, 1.165) is 37.4 Å². The van der Waals surface area contributed by atoms with E-state index in [1.165, 1.54) is 11.9 Å². The Morgan fingerprint density at radius 1 is 1.11 bits per heavy atom. The number of halogens is 2. The highest BCUT2D eigenvalue weighted by molar-refractivity contribution is 6.40. The summed E-state index contributed by atoms with van der Waals surface area (Å²) < 4.78 is 5.64. The average Bonchev–Trinajstić information content (AvgIpc) is 2.83. The van der Waals surface area contributed by atoms with Gasteiger partial charge in [0, 0.05) is 43.8 Å². The van der Waals surface area contributed by atoms with Crippen LogP contribution in [0, 0.1) is 6.92 Å². The summed E-state index contributed by atoms with van der Waals surface area (Å²) in [5, 5.41) is 6.60. The molecule has 1 amide bonds. The van der Waals surface area contributed by atoms with Gasteiger partial charge in [-0.15, -0.1) is 0 Å². The number of anilines is 4. The predicted molar refractivity (Wildman–Crippen MR) is 142 cm³/mol. The van der Waals surface area contributed by atoms with Crippen molar-refractivity contribution in [2.24, 2.45) is 0 Å². The van der Waals surface area contributed by atoms with Gasteiger partial charge in [0.25, 0.3) is 5.91 Å². The Kier molecular flexibility index (Phi) is 7.95. The number of hydrogen-bond acceptors (Lipinski definition) is 7. The van der Waals surface area contributed by atoms with Gasteiger partial charge >= 0.3 is 0 Å². The van der Waals surface area contributed by atoms with Crippen molar-refractivity contribution in [1.82, 2.24) is 14.9 Å². The first-order valence-corrected chi connectivity index (χ1v) is 12.2. The maximum Gasteiger partial charge on any atom is 0.262 e. The van der Waals surface area contributed by atoms with Crippen LogP contribution >= 0.6 is 23.2 Å². The third-order valence-electron chi connectivity index (χ3n) is 5.78. The molecule has 1 aliphatic rings. The molecule has 2 aromatic carbocycles. The molecule has 0 aliphatic carbocycles. The molecule has 184 valence electrons. The molecule has 0 spiro atoms. The number of nitrogens with zero attached hydrogens (tertiary/aromatic N) is 4. The van der Waals surface area contributed by atoms with E-state index in [1.807, 2.05) is 13.0 Å². The Hall–Kier alpha value is -3.07. The molecular formula is C25H28Cl2N6O2. The molecule has 2 N–H and O–H groups in total. The zero-order chi connectivity index (χ0) is 24.9. The number of aryl methyl sites for hydroxylation is 1. The molecule has 1 fully saturated rings. The molecule has 4 rings (SSSR count). The first-order valence-electron chi connectivity index (χ1n) is 11.4. The van der Waals surface area contributed by atoms with Crippen molar-refractivity contribution >= 4 is 52.1 Å². The molecule has 0 unspecified atom stereocenters. The lowest BCUT2D eigenvalue weighted by molar-refractivity contribution is 0.102. The van der Waals surface area contributed by atoms with Gasteiger partial charge in [0.2, 0.25) is 11.8 Å². The van der Waals surface area contributed by atoms with Crippen LogP contribution in [0.2, 0.25) is 10.0 Å². The molecule has 35 heavy (non-hydrogen) atoms. The van der Waals surface area contributed by atoms with Crippen molar-refractivity contribution in [1.29, 1.82) is 0 Å². The molecule has 0 bridgehead atoms. The van der Waals surface area contributed by atoms with Crippen LogP contribution in [-0.2, 0) is 0 Å². The van der Waals surface area contributed by atoms with Gasteiger partial charge in [-0.05, 0) is 56.8 Å². The van der Waals surface area contributed by atoms with E-state index in [2.05, 4.69) is 56.5 Å². The van der Waals surface area contributed by atoms with Crippen LogP contribution in [0.3, 0.4) is 0 Å². The van der Waals surface area contributed by atoms with E-state index in [4.69, 9.17) is 27.9 Å². The quantitative estimate of drug-likeness (QED) is 0.446. The minimum absolute atomic E-state index is 0.163. The Bertz CT molecular complexity index is 1190. The maximum absolute atomic E-state index is 12.9. The normalized spacial score (nSPS) is 14.0. The van der Waals surface area contributed by atoms with Crippen LogP contribution in [-0.4, -0.2) is 60.6 Å². The molecule has 8 nitrogen and oxygen atoms in total. The van der Waals surface area contributed by atoms with E-state index >= 15 is 0 Å². The van der Waals surface area contributed by atoms with Gasteiger partial charge in [0.05, 0.1) is 22.3 Å².